The number of esters is 1. The fraction of sp³-hybridized carbons (Fsp3) is 0.250. The smallest absolute Gasteiger partial charge is 0.447 e. The lowest BCUT2D eigenvalue weighted by atomic mass is 10.2. The van der Waals surface area contributed by atoms with Crippen molar-refractivity contribution in [1.29, 1.82) is 0 Å². The third-order valence-corrected chi connectivity index (χ3v) is 2.35. The Hall–Kier alpha value is -1.51. The first-order valence-corrected chi connectivity index (χ1v) is 4.86. The van der Waals surface area contributed by atoms with Crippen LogP contribution in [0.15, 0.2) is 11.2 Å². The molecule has 0 bridgehead atoms. The van der Waals surface area contributed by atoms with E-state index in [2.05, 4.69) is 9.72 Å². The zero-order valence-corrected chi connectivity index (χ0v) is 9.16. The Balaban J connectivity index is 3.15. The molecule has 0 radical (unpaired) electrons. The number of pyridine rings is 1. The molecule has 0 aliphatic carbocycles. The molecular formula is C8H6F4N2O2S. The van der Waals surface area contributed by atoms with Gasteiger partial charge < -0.3 is 10.5 Å². The monoisotopic (exact) mass is 270 g/mol. The van der Waals surface area contributed by atoms with Crippen LogP contribution in [-0.2, 0) is 4.74 Å². The summed E-state index contributed by atoms with van der Waals surface area (Å²) >= 11 is -0.749. The van der Waals surface area contributed by atoms with Gasteiger partial charge in [0.15, 0.2) is 5.82 Å². The molecular weight excluding hydrogens is 264 g/mol. The van der Waals surface area contributed by atoms with Crippen LogP contribution in [0, 0.1) is 5.82 Å². The Labute approximate surface area is 97.1 Å². The highest BCUT2D eigenvalue weighted by Crippen LogP contribution is 2.38. The number of halogens is 4. The van der Waals surface area contributed by atoms with Gasteiger partial charge in [-0.3, -0.25) is 0 Å². The summed E-state index contributed by atoms with van der Waals surface area (Å²) in [6.07, 6.45) is 0.734. The van der Waals surface area contributed by atoms with Crippen LogP contribution in [0.4, 0.5) is 23.2 Å². The molecule has 17 heavy (non-hydrogen) atoms. The number of carbonyl (C=O) groups excluding carboxylic acids is 1. The van der Waals surface area contributed by atoms with Crippen molar-refractivity contribution in [3.05, 3.63) is 17.6 Å². The second-order valence-electron chi connectivity index (χ2n) is 2.74. The number of carbonyl (C=O) groups is 1. The van der Waals surface area contributed by atoms with E-state index in [1.54, 1.807) is 0 Å². The van der Waals surface area contributed by atoms with Crippen LogP contribution in [0.5, 0.6) is 0 Å². The highest BCUT2D eigenvalue weighted by Gasteiger charge is 2.33. The normalized spacial score (nSPS) is 11.4. The first kappa shape index (κ1) is 13.6. The van der Waals surface area contributed by atoms with E-state index < -0.39 is 45.3 Å². The molecule has 0 unspecified atom stereocenters. The zero-order valence-electron chi connectivity index (χ0n) is 8.34. The quantitative estimate of drug-likeness (QED) is 0.507. The van der Waals surface area contributed by atoms with Gasteiger partial charge in [0.05, 0.1) is 12.8 Å². The molecule has 0 spiro atoms. The number of hydrogen-bond donors (Lipinski definition) is 1. The summed E-state index contributed by atoms with van der Waals surface area (Å²) in [7, 11) is 1.03. The molecule has 4 nitrogen and oxygen atoms in total. The number of nitrogens with two attached hydrogens (primary N) is 1. The van der Waals surface area contributed by atoms with Gasteiger partial charge in [-0.05, 0) is 0 Å². The number of alkyl halides is 3. The fourth-order valence-corrected chi connectivity index (χ4v) is 1.46. The number of thioether (sulfide) groups is 1. The zero-order chi connectivity index (χ0) is 13.2. The predicted octanol–water partition coefficient (Wildman–Crippen LogP) is 2.20. The summed E-state index contributed by atoms with van der Waals surface area (Å²) in [6.45, 7) is 0. The maximum atomic E-state index is 13.4. The van der Waals surface area contributed by atoms with Crippen molar-refractivity contribution >= 4 is 23.4 Å². The van der Waals surface area contributed by atoms with Crippen molar-refractivity contribution in [2.45, 2.75) is 10.5 Å². The Bertz CT molecular complexity index is 450. The highest BCUT2D eigenvalue weighted by molar-refractivity contribution is 8.00. The van der Waals surface area contributed by atoms with Crippen molar-refractivity contribution in [2.24, 2.45) is 0 Å². The topological polar surface area (TPSA) is 65.2 Å². The molecule has 94 valence electrons. The Morgan fingerprint density at radius 2 is 2.12 bits per heavy atom. The SMILES string of the molecule is COC(=O)c1cnc(SC(F)(F)F)c(F)c1N. The lowest BCUT2D eigenvalue weighted by molar-refractivity contribution is -0.0330. The summed E-state index contributed by atoms with van der Waals surface area (Å²) in [5.41, 5.74) is -0.649. The second-order valence-corrected chi connectivity index (χ2v) is 3.80. The standard InChI is InChI=1S/C8H6F4N2O2S/c1-16-7(15)3-2-14-6(4(9)5(3)13)17-8(10,11)12/h2H,1H3,(H2,13,14). The average molecular weight is 270 g/mol. The van der Waals surface area contributed by atoms with Gasteiger partial charge in [-0.1, -0.05) is 0 Å². The Morgan fingerprint density at radius 3 is 2.59 bits per heavy atom. The van der Waals surface area contributed by atoms with E-state index in [1.807, 2.05) is 0 Å². The lowest BCUT2D eigenvalue weighted by Gasteiger charge is -2.09. The minimum atomic E-state index is -4.69. The molecule has 0 aliphatic heterocycles. The molecule has 1 aromatic heterocycles. The minimum absolute atomic E-state index is 0.420. The van der Waals surface area contributed by atoms with E-state index in [9.17, 15) is 22.4 Å². The molecule has 1 aromatic rings. The number of aromatic nitrogens is 1. The van der Waals surface area contributed by atoms with Crippen LogP contribution in [0.25, 0.3) is 0 Å². The predicted molar refractivity (Wildman–Crippen MR) is 51.9 cm³/mol. The first-order chi connectivity index (χ1) is 7.76. The van der Waals surface area contributed by atoms with E-state index in [0.29, 0.717) is 0 Å². The molecule has 0 aromatic carbocycles. The number of nitrogens with zero attached hydrogens (tertiary/aromatic N) is 1. The summed E-state index contributed by atoms with van der Waals surface area (Å²) < 4.78 is 53.6. The van der Waals surface area contributed by atoms with Crippen LogP contribution >= 0.6 is 11.8 Å². The molecule has 0 amide bonds. The first-order valence-electron chi connectivity index (χ1n) is 4.04. The molecule has 0 saturated heterocycles. The van der Waals surface area contributed by atoms with Gasteiger partial charge in [-0.2, -0.15) is 13.2 Å². The van der Waals surface area contributed by atoms with Crippen molar-refractivity contribution in [3.8, 4) is 0 Å². The molecule has 2 N–H and O–H groups in total. The summed E-state index contributed by atoms with van der Waals surface area (Å²) in [4.78, 5) is 14.2. The van der Waals surface area contributed by atoms with E-state index in [0.717, 1.165) is 13.3 Å². The van der Waals surface area contributed by atoms with Gasteiger partial charge in [0.1, 0.15) is 10.6 Å². The molecule has 0 aliphatic rings. The van der Waals surface area contributed by atoms with Crippen LogP contribution < -0.4 is 5.73 Å². The maximum Gasteiger partial charge on any atom is 0.447 e. The lowest BCUT2D eigenvalue weighted by Crippen LogP contribution is -2.10. The van der Waals surface area contributed by atoms with E-state index in [1.165, 1.54) is 0 Å². The van der Waals surface area contributed by atoms with Gasteiger partial charge in [-0.15, -0.1) is 0 Å². The Kier molecular flexibility index (Phi) is 3.81. The number of methoxy groups -OCH3 is 1. The molecule has 9 heteroatoms. The van der Waals surface area contributed by atoms with Crippen LogP contribution in [0.2, 0.25) is 0 Å². The number of nitrogen functional groups attached to an aromatic ring is 1. The van der Waals surface area contributed by atoms with E-state index in [-0.39, 0.29) is 0 Å². The number of rotatable bonds is 2. The van der Waals surface area contributed by atoms with Gasteiger partial charge in [0, 0.05) is 18.0 Å². The summed E-state index contributed by atoms with van der Waals surface area (Å²) in [5, 5.41) is -0.942. The summed E-state index contributed by atoms with van der Waals surface area (Å²) in [6, 6.07) is 0. The molecule has 0 fully saturated rings. The maximum absolute atomic E-state index is 13.4. The van der Waals surface area contributed by atoms with Crippen molar-refractivity contribution in [3.63, 3.8) is 0 Å². The highest BCUT2D eigenvalue weighted by atomic mass is 32.2. The van der Waals surface area contributed by atoms with Crippen LogP contribution in [0.1, 0.15) is 10.4 Å². The molecule has 1 rings (SSSR count). The molecule has 0 saturated carbocycles. The van der Waals surface area contributed by atoms with Crippen molar-refractivity contribution in [1.82, 2.24) is 4.98 Å². The Morgan fingerprint density at radius 1 is 1.53 bits per heavy atom. The van der Waals surface area contributed by atoms with Crippen LogP contribution in [-0.4, -0.2) is 23.6 Å². The molecule has 1 heterocycles. The van der Waals surface area contributed by atoms with Crippen molar-refractivity contribution in [2.75, 3.05) is 12.8 Å². The summed E-state index contributed by atoms with van der Waals surface area (Å²) in [5.74, 6) is -2.37. The van der Waals surface area contributed by atoms with Gasteiger partial charge in [0.2, 0.25) is 0 Å². The van der Waals surface area contributed by atoms with Crippen molar-refractivity contribution < 1.29 is 27.1 Å². The van der Waals surface area contributed by atoms with Crippen LogP contribution in [0.3, 0.4) is 0 Å². The van der Waals surface area contributed by atoms with Gasteiger partial charge in [-0.25, -0.2) is 14.2 Å². The minimum Gasteiger partial charge on any atom is -0.465 e. The van der Waals surface area contributed by atoms with Gasteiger partial charge >= 0.3 is 11.5 Å². The average Bonchev–Trinajstić information content (AvgIpc) is 2.22. The number of anilines is 1. The number of hydrogen-bond acceptors (Lipinski definition) is 5. The third-order valence-electron chi connectivity index (χ3n) is 1.64. The fourth-order valence-electron chi connectivity index (χ4n) is 0.936. The molecule has 0 atom stereocenters. The van der Waals surface area contributed by atoms with E-state index in [4.69, 9.17) is 5.73 Å². The van der Waals surface area contributed by atoms with Gasteiger partial charge in [0.25, 0.3) is 0 Å². The number of ether oxygens (including phenoxy) is 1. The third kappa shape index (κ3) is 3.22. The largest absolute Gasteiger partial charge is 0.465 e. The van der Waals surface area contributed by atoms with E-state index >= 15 is 0 Å². The second kappa shape index (κ2) is 4.78.